The van der Waals surface area contributed by atoms with Crippen LogP contribution < -0.4 is 4.90 Å². The average Bonchev–Trinajstić information content (AvgIpc) is 3.18. The Morgan fingerprint density at radius 1 is 1.19 bits per heavy atom. The highest BCUT2D eigenvalue weighted by molar-refractivity contribution is 7.14. The molecule has 3 aromatic rings. The van der Waals surface area contributed by atoms with Crippen LogP contribution in [0.2, 0.25) is 0 Å². The van der Waals surface area contributed by atoms with Gasteiger partial charge in [-0.15, -0.1) is 11.3 Å². The normalized spacial score (nSPS) is 17.4. The highest BCUT2D eigenvalue weighted by Crippen LogP contribution is 2.30. The summed E-state index contributed by atoms with van der Waals surface area (Å²) in [6.07, 6.45) is 4.11. The summed E-state index contributed by atoms with van der Waals surface area (Å²) in [6, 6.07) is 12.3. The van der Waals surface area contributed by atoms with Gasteiger partial charge in [0.2, 0.25) is 0 Å². The summed E-state index contributed by atoms with van der Waals surface area (Å²) in [5, 5.41) is 3.02. The number of rotatable bonds is 5. The minimum atomic E-state index is -0.229. The average molecular weight is 369 g/mol. The summed E-state index contributed by atoms with van der Waals surface area (Å²) in [6.45, 7) is 2.36. The molecule has 3 heterocycles. The van der Waals surface area contributed by atoms with Gasteiger partial charge < -0.3 is 9.64 Å². The summed E-state index contributed by atoms with van der Waals surface area (Å²) in [5.74, 6) is -0.229. The smallest absolute Gasteiger partial charge is 0.185 e. The summed E-state index contributed by atoms with van der Waals surface area (Å²) in [4.78, 5) is 11.3. The first-order valence-corrected chi connectivity index (χ1v) is 9.64. The highest BCUT2D eigenvalue weighted by atomic mass is 32.1. The molecule has 1 atom stereocenters. The summed E-state index contributed by atoms with van der Waals surface area (Å²) < 4.78 is 19.1. The molecule has 0 saturated carbocycles. The SMILES string of the molecule is Fc1ccc(-c2csc(N3CCC[C@@H](OCc4ccccn4)C3)n2)cc1. The third-order valence-electron chi connectivity index (χ3n) is 4.47. The molecule has 2 aromatic heterocycles. The third-order valence-corrected chi connectivity index (χ3v) is 5.38. The van der Waals surface area contributed by atoms with Crippen molar-refractivity contribution in [1.29, 1.82) is 0 Å². The van der Waals surface area contributed by atoms with E-state index in [4.69, 9.17) is 9.72 Å². The Kier molecular flexibility index (Phi) is 5.22. The maximum Gasteiger partial charge on any atom is 0.185 e. The van der Waals surface area contributed by atoms with Crippen molar-refractivity contribution in [2.24, 2.45) is 0 Å². The summed E-state index contributed by atoms with van der Waals surface area (Å²) >= 11 is 1.62. The number of hydrogen-bond donors (Lipinski definition) is 0. The van der Waals surface area contributed by atoms with Gasteiger partial charge in [-0.2, -0.15) is 0 Å². The van der Waals surface area contributed by atoms with Gasteiger partial charge in [-0.25, -0.2) is 9.37 Å². The quantitative estimate of drug-likeness (QED) is 0.662. The number of pyridine rings is 1. The zero-order valence-electron chi connectivity index (χ0n) is 14.3. The maximum atomic E-state index is 13.1. The van der Waals surface area contributed by atoms with E-state index in [2.05, 4.69) is 9.88 Å². The Labute approximate surface area is 156 Å². The molecule has 26 heavy (non-hydrogen) atoms. The lowest BCUT2D eigenvalue weighted by Crippen LogP contribution is -2.39. The molecule has 1 aliphatic heterocycles. The minimum Gasteiger partial charge on any atom is -0.370 e. The molecule has 4 rings (SSSR count). The van der Waals surface area contributed by atoms with E-state index in [-0.39, 0.29) is 11.9 Å². The number of benzene rings is 1. The second-order valence-corrected chi connectivity index (χ2v) is 7.20. The molecular formula is C20H20FN3OS. The van der Waals surface area contributed by atoms with E-state index in [1.807, 2.05) is 23.6 Å². The van der Waals surface area contributed by atoms with Crippen molar-refractivity contribution in [2.45, 2.75) is 25.6 Å². The highest BCUT2D eigenvalue weighted by Gasteiger charge is 2.23. The molecule has 0 spiro atoms. The molecule has 4 nitrogen and oxygen atoms in total. The van der Waals surface area contributed by atoms with Crippen molar-refractivity contribution >= 4 is 16.5 Å². The van der Waals surface area contributed by atoms with Crippen LogP contribution in [0.4, 0.5) is 9.52 Å². The second kappa shape index (κ2) is 7.93. The molecule has 0 amide bonds. The monoisotopic (exact) mass is 369 g/mol. The standard InChI is InChI=1S/C20H20FN3OS/c21-16-8-6-15(7-9-16)19-14-26-20(23-19)24-11-3-5-18(12-24)25-13-17-4-1-2-10-22-17/h1-2,4,6-10,14,18H,3,5,11-13H2/t18-/m1/s1. The molecule has 0 aliphatic carbocycles. The number of piperidine rings is 1. The molecule has 1 fully saturated rings. The maximum absolute atomic E-state index is 13.1. The molecule has 1 aliphatic rings. The van der Waals surface area contributed by atoms with Gasteiger partial charge in [-0.1, -0.05) is 6.07 Å². The fourth-order valence-electron chi connectivity index (χ4n) is 3.10. The van der Waals surface area contributed by atoms with Crippen LogP contribution in [0.15, 0.2) is 54.0 Å². The molecule has 134 valence electrons. The van der Waals surface area contributed by atoms with Crippen LogP contribution in [0.5, 0.6) is 0 Å². The number of hydrogen-bond acceptors (Lipinski definition) is 5. The van der Waals surface area contributed by atoms with Crippen LogP contribution in [0.25, 0.3) is 11.3 Å². The largest absolute Gasteiger partial charge is 0.370 e. The third kappa shape index (κ3) is 4.08. The lowest BCUT2D eigenvalue weighted by Gasteiger charge is -2.32. The van der Waals surface area contributed by atoms with E-state index < -0.39 is 0 Å². The molecule has 1 aromatic carbocycles. The van der Waals surface area contributed by atoms with E-state index in [0.29, 0.717) is 6.61 Å². The molecule has 0 unspecified atom stereocenters. The first kappa shape index (κ1) is 17.1. The van der Waals surface area contributed by atoms with Gasteiger partial charge in [0, 0.05) is 30.2 Å². The first-order chi connectivity index (χ1) is 12.8. The predicted octanol–water partition coefficient (Wildman–Crippen LogP) is 4.53. The van der Waals surface area contributed by atoms with Gasteiger partial charge in [-0.3, -0.25) is 4.98 Å². The van der Waals surface area contributed by atoms with E-state index >= 15 is 0 Å². The summed E-state index contributed by atoms with van der Waals surface area (Å²) in [7, 11) is 0. The zero-order chi connectivity index (χ0) is 17.8. The Bertz CT molecular complexity index is 838. The van der Waals surface area contributed by atoms with Crippen LogP contribution in [0.3, 0.4) is 0 Å². The number of anilines is 1. The predicted molar refractivity (Wildman–Crippen MR) is 102 cm³/mol. The van der Waals surface area contributed by atoms with Gasteiger partial charge in [0.25, 0.3) is 0 Å². The Morgan fingerprint density at radius 3 is 2.88 bits per heavy atom. The molecule has 0 N–H and O–H groups in total. The lowest BCUT2D eigenvalue weighted by molar-refractivity contribution is 0.0298. The number of aromatic nitrogens is 2. The van der Waals surface area contributed by atoms with Crippen molar-refractivity contribution < 1.29 is 9.13 Å². The van der Waals surface area contributed by atoms with Gasteiger partial charge in [-0.05, 0) is 49.2 Å². The molecular weight excluding hydrogens is 349 g/mol. The van der Waals surface area contributed by atoms with Crippen molar-refractivity contribution in [3.8, 4) is 11.3 Å². The second-order valence-electron chi connectivity index (χ2n) is 6.36. The lowest BCUT2D eigenvalue weighted by atomic mass is 10.1. The number of ether oxygens (including phenoxy) is 1. The van der Waals surface area contributed by atoms with E-state index in [0.717, 1.165) is 48.0 Å². The Hall–Kier alpha value is -2.31. The number of halogens is 1. The van der Waals surface area contributed by atoms with E-state index in [1.165, 1.54) is 12.1 Å². The molecule has 0 radical (unpaired) electrons. The van der Waals surface area contributed by atoms with E-state index in [1.54, 1.807) is 29.7 Å². The van der Waals surface area contributed by atoms with Crippen molar-refractivity contribution in [1.82, 2.24) is 9.97 Å². The fourth-order valence-corrected chi connectivity index (χ4v) is 3.97. The van der Waals surface area contributed by atoms with Gasteiger partial charge in [0.1, 0.15) is 5.82 Å². The van der Waals surface area contributed by atoms with Crippen LogP contribution in [-0.4, -0.2) is 29.2 Å². The Morgan fingerprint density at radius 2 is 2.08 bits per heavy atom. The van der Waals surface area contributed by atoms with Crippen LogP contribution in [0, 0.1) is 5.82 Å². The van der Waals surface area contributed by atoms with E-state index in [9.17, 15) is 4.39 Å². The van der Waals surface area contributed by atoms with Crippen LogP contribution >= 0.6 is 11.3 Å². The van der Waals surface area contributed by atoms with Gasteiger partial charge >= 0.3 is 0 Å². The molecule has 6 heteroatoms. The molecule has 1 saturated heterocycles. The van der Waals surface area contributed by atoms with Crippen molar-refractivity contribution in [3.05, 3.63) is 65.6 Å². The molecule has 0 bridgehead atoms. The Balaban J connectivity index is 1.39. The zero-order valence-corrected chi connectivity index (χ0v) is 15.2. The number of nitrogens with zero attached hydrogens (tertiary/aromatic N) is 3. The topological polar surface area (TPSA) is 38.2 Å². The summed E-state index contributed by atoms with van der Waals surface area (Å²) in [5.41, 5.74) is 2.79. The van der Waals surface area contributed by atoms with Crippen molar-refractivity contribution in [3.63, 3.8) is 0 Å². The number of thiazole rings is 1. The fraction of sp³-hybridized carbons (Fsp3) is 0.300. The van der Waals surface area contributed by atoms with Crippen LogP contribution in [0.1, 0.15) is 18.5 Å². The van der Waals surface area contributed by atoms with Gasteiger partial charge in [0.15, 0.2) is 5.13 Å². The minimum absolute atomic E-state index is 0.184. The van der Waals surface area contributed by atoms with Gasteiger partial charge in [0.05, 0.1) is 24.1 Å². The van der Waals surface area contributed by atoms with Crippen molar-refractivity contribution in [2.75, 3.05) is 18.0 Å². The van der Waals surface area contributed by atoms with Crippen LogP contribution in [-0.2, 0) is 11.3 Å². The first-order valence-electron chi connectivity index (χ1n) is 8.76.